The third kappa shape index (κ3) is 2.94. The van der Waals surface area contributed by atoms with E-state index in [-0.39, 0.29) is 0 Å². The Morgan fingerprint density at radius 2 is 2.43 bits per heavy atom. The van der Waals surface area contributed by atoms with Gasteiger partial charge in [0.05, 0.1) is 6.61 Å². The van der Waals surface area contributed by atoms with Crippen LogP contribution < -0.4 is 10.6 Å². The smallest absolute Gasteiger partial charge is 0.0620 e. The van der Waals surface area contributed by atoms with Crippen LogP contribution in [0.3, 0.4) is 0 Å². The zero-order valence-electron chi connectivity index (χ0n) is 9.09. The highest BCUT2D eigenvalue weighted by atomic mass is 16.5. The van der Waals surface area contributed by atoms with Gasteiger partial charge in [-0.15, -0.1) is 0 Å². The topological polar surface area (TPSA) is 33.3 Å². The molecular formula is C11H22N2O. The van der Waals surface area contributed by atoms with E-state index < -0.39 is 0 Å². The van der Waals surface area contributed by atoms with Crippen LogP contribution in [0.15, 0.2) is 0 Å². The summed E-state index contributed by atoms with van der Waals surface area (Å²) in [7, 11) is 0. The number of ether oxygens (including phenoxy) is 1. The van der Waals surface area contributed by atoms with Gasteiger partial charge in [-0.3, -0.25) is 0 Å². The zero-order valence-corrected chi connectivity index (χ0v) is 9.09. The maximum Gasteiger partial charge on any atom is 0.0620 e. The number of nitrogens with one attached hydrogen (secondary N) is 2. The van der Waals surface area contributed by atoms with Gasteiger partial charge in [-0.25, -0.2) is 0 Å². The quantitative estimate of drug-likeness (QED) is 0.704. The van der Waals surface area contributed by atoms with Crippen molar-refractivity contribution >= 4 is 0 Å². The van der Waals surface area contributed by atoms with Gasteiger partial charge in [-0.05, 0) is 39.2 Å². The minimum atomic E-state index is 0.603. The summed E-state index contributed by atoms with van der Waals surface area (Å²) in [4.78, 5) is 0. The third-order valence-corrected chi connectivity index (χ3v) is 3.25. The monoisotopic (exact) mass is 198 g/mol. The Labute approximate surface area is 86.6 Å². The fourth-order valence-electron chi connectivity index (χ4n) is 2.52. The van der Waals surface area contributed by atoms with E-state index in [1.807, 2.05) is 0 Å². The van der Waals surface area contributed by atoms with Gasteiger partial charge in [0.25, 0.3) is 0 Å². The Morgan fingerprint density at radius 3 is 3.07 bits per heavy atom. The molecule has 2 saturated heterocycles. The molecule has 3 heteroatoms. The Hall–Kier alpha value is -0.120. The Balaban J connectivity index is 1.64. The van der Waals surface area contributed by atoms with Crippen LogP contribution in [0.1, 0.15) is 32.6 Å². The fraction of sp³-hybridized carbons (Fsp3) is 1.00. The molecule has 0 spiro atoms. The Morgan fingerprint density at radius 1 is 1.50 bits per heavy atom. The summed E-state index contributed by atoms with van der Waals surface area (Å²) in [5.41, 5.74) is 0. The van der Waals surface area contributed by atoms with Crippen LogP contribution in [0.2, 0.25) is 0 Å². The molecule has 82 valence electrons. The average molecular weight is 198 g/mol. The molecule has 0 aromatic heterocycles. The minimum Gasteiger partial charge on any atom is -0.380 e. The SMILES string of the molecule is CC(CC1CCCN1)NC1CCOC1. The van der Waals surface area contributed by atoms with Gasteiger partial charge in [0.2, 0.25) is 0 Å². The van der Waals surface area contributed by atoms with Crippen LogP contribution in [-0.2, 0) is 4.74 Å². The van der Waals surface area contributed by atoms with Crippen molar-refractivity contribution in [3.8, 4) is 0 Å². The van der Waals surface area contributed by atoms with E-state index in [1.54, 1.807) is 0 Å². The van der Waals surface area contributed by atoms with Crippen LogP contribution in [0.25, 0.3) is 0 Å². The summed E-state index contributed by atoms with van der Waals surface area (Å²) >= 11 is 0. The molecule has 2 heterocycles. The van der Waals surface area contributed by atoms with Gasteiger partial charge >= 0.3 is 0 Å². The van der Waals surface area contributed by atoms with E-state index in [4.69, 9.17) is 4.74 Å². The van der Waals surface area contributed by atoms with Crippen molar-refractivity contribution in [3.63, 3.8) is 0 Å². The van der Waals surface area contributed by atoms with Crippen LogP contribution in [-0.4, -0.2) is 37.9 Å². The van der Waals surface area contributed by atoms with Crippen molar-refractivity contribution in [2.75, 3.05) is 19.8 Å². The van der Waals surface area contributed by atoms with Gasteiger partial charge in [0.15, 0.2) is 0 Å². The van der Waals surface area contributed by atoms with E-state index in [0.717, 1.165) is 19.3 Å². The fourth-order valence-corrected chi connectivity index (χ4v) is 2.52. The van der Waals surface area contributed by atoms with Gasteiger partial charge < -0.3 is 15.4 Å². The van der Waals surface area contributed by atoms with Gasteiger partial charge in [-0.1, -0.05) is 0 Å². The lowest BCUT2D eigenvalue weighted by Crippen LogP contribution is -2.40. The van der Waals surface area contributed by atoms with Gasteiger partial charge in [-0.2, -0.15) is 0 Å². The molecule has 2 fully saturated rings. The summed E-state index contributed by atoms with van der Waals surface area (Å²) in [5, 5.41) is 7.18. The second kappa shape index (κ2) is 5.10. The molecule has 2 aliphatic rings. The maximum absolute atomic E-state index is 5.35. The molecule has 0 aromatic rings. The van der Waals surface area contributed by atoms with Crippen molar-refractivity contribution in [2.24, 2.45) is 0 Å². The lowest BCUT2D eigenvalue weighted by molar-refractivity contribution is 0.187. The number of hydrogen-bond donors (Lipinski definition) is 2. The van der Waals surface area contributed by atoms with Gasteiger partial charge in [0.1, 0.15) is 0 Å². The average Bonchev–Trinajstić information content (AvgIpc) is 2.76. The first-order valence-electron chi connectivity index (χ1n) is 5.92. The van der Waals surface area contributed by atoms with E-state index in [0.29, 0.717) is 12.1 Å². The predicted octanol–water partition coefficient (Wildman–Crippen LogP) is 0.895. The first kappa shape index (κ1) is 10.4. The van der Waals surface area contributed by atoms with Crippen LogP contribution in [0.5, 0.6) is 0 Å². The van der Waals surface area contributed by atoms with Gasteiger partial charge in [0, 0.05) is 24.7 Å². The minimum absolute atomic E-state index is 0.603. The summed E-state index contributed by atoms with van der Waals surface area (Å²) in [6, 6.07) is 1.98. The number of hydrogen-bond acceptors (Lipinski definition) is 3. The molecule has 3 nitrogen and oxygen atoms in total. The van der Waals surface area contributed by atoms with E-state index in [2.05, 4.69) is 17.6 Å². The van der Waals surface area contributed by atoms with Crippen molar-refractivity contribution in [3.05, 3.63) is 0 Å². The predicted molar refractivity (Wildman–Crippen MR) is 57.5 cm³/mol. The molecule has 0 aromatic carbocycles. The second-order valence-corrected chi connectivity index (χ2v) is 4.66. The summed E-state index contributed by atoms with van der Waals surface area (Å²) in [5.74, 6) is 0. The van der Waals surface area contributed by atoms with Crippen molar-refractivity contribution in [1.29, 1.82) is 0 Å². The molecule has 0 amide bonds. The highest BCUT2D eigenvalue weighted by Gasteiger charge is 2.21. The molecule has 2 rings (SSSR count). The van der Waals surface area contributed by atoms with Crippen molar-refractivity contribution in [2.45, 2.75) is 50.7 Å². The third-order valence-electron chi connectivity index (χ3n) is 3.25. The molecule has 3 unspecified atom stereocenters. The largest absolute Gasteiger partial charge is 0.380 e. The zero-order chi connectivity index (χ0) is 9.80. The lowest BCUT2D eigenvalue weighted by atomic mass is 10.1. The molecule has 2 aliphatic heterocycles. The van der Waals surface area contributed by atoms with E-state index in [9.17, 15) is 0 Å². The van der Waals surface area contributed by atoms with E-state index >= 15 is 0 Å². The molecule has 0 aliphatic carbocycles. The first-order valence-corrected chi connectivity index (χ1v) is 5.92. The Kier molecular flexibility index (Phi) is 3.79. The van der Waals surface area contributed by atoms with Crippen molar-refractivity contribution in [1.82, 2.24) is 10.6 Å². The highest BCUT2D eigenvalue weighted by molar-refractivity contribution is 4.81. The molecule has 0 saturated carbocycles. The first-order chi connectivity index (χ1) is 6.84. The molecule has 0 radical (unpaired) electrons. The molecular weight excluding hydrogens is 176 g/mol. The lowest BCUT2D eigenvalue weighted by Gasteiger charge is -2.21. The summed E-state index contributed by atoms with van der Waals surface area (Å²) < 4.78 is 5.35. The number of rotatable bonds is 4. The second-order valence-electron chi connectivity index (χ2n) is 4.66. The normalized spacial score (nSPS) is 34.9. The molecule has 2 N–H and O–H groups in total. The van der Waals surface area contributed by atoms with E-state index in [1.165, 1.54) is 32.2 Å². The molecule has 3 atom stereocenters. The standard InChI is InChI=1S/C11H22N2O/c1-9(7-10-3-2-5-12-10)13-11-4-6-14-8-11/h9-13H,2-8H2,1H3. The van der Waals surface area contributed by atoms with Crippen LogP contribution in [0.4, 0.5) is 0 Å². The van der Waals surface area contributed by atoms with Crippen LogP contribution in [0, 0.1) is 0 Å². The molecule has 14 heavy (non-hydrogen) atoms. The van der Waals surface area contributed by atoms with Crippen LogP contribution >= 0.6 is 0 Å². The van der Waals surface area contributed by atoms with Crippen molar-refractivity contribution < 1.29 is 4.74 Å². The summed E-state index contributed by atoms with van der Waals surface area (Å²) in [6.07, 6.45) is 5.15. The highest BCUT2D eigenvalue weighted by Crippen LogP contribution is 2.12. The Bertz CT molecular complexity index is 145. The molecule has 0 bridgehead atoms. The maximum atomic E-state index is 5.35. The summed E-state index contributed by atoms with van der Waals surface area (Å²) in [6.45, 7) is 5.34.